The molecule has 0 amide bonds. The van der Waals surface area contributed by atoms with Crippen LogP contribution < -0.4 is 0 Å². The summed E-state index contributed by atoms with van der Waals surface area (Å²) in [7, 11) is 0. The summed E-state index contributed by atoms with van der Waals surface area (Å²) in [5, 5.41) is 0. The average Bonchev–Trinajstić information content (AvgIpc) is 2.78. The molecule has 0 atom stereocenters. The minimum atomic E-state index is -0.419. The highest BCUT2D eigenvalue weighted by Gasteiger charge is 2.13. The summed E-state index contributed by atoms with van der Waals surface area (Å²) < 4.78 is 10.5. The lowest BCUT2D eigenvalue weighted by Crippen LogP contribution is -2.13. The molecule has 0 aliphatic heterocycles. The van der Waals surface area contributed by atoms with Gasteiger partial charge in [0.25, 0.3) is 0 Å². The van der Waals surface area contributed by atoms with Crippen LogP contribution in [0, 0.1) is 0 Å². The molecule has 4 nitrogen and oxygen atoms in total. The van der Waals surface area contributed by atoms with Gasteiger partial charge in [0.15, 0.2) is 0 Å². The fourth-order valence-electron chi connectivity index (χ4n) is 3.78. The summed E-state index contributed by atoms with van der Waals surface area (Å²) in [6.07, 6.45) is 19.5. The van der Waals surface area contributed by atoms with Gasteiger partial charge in [-0.1, -0.05) is 103 Å². The molecule has 0 radical (unpaired) electrons. The van der Waals surface area contributed by atoms with Crippen LogP contribution in [0.1, 0.15) is 138 Å². The van der Waals surface area contributed by atoms with Crippen molar-refractivity contribution in [2.45, 2.75) is 123 Å². The number of carbonyl (C=O) groups is 2. The van der Waals surface area contributed by atoms with Crippen molar-refractivity contribution in [1.82, 2.24) is 0 Å². The van der Waals surface area contributed by atoms with E-state index in [-0.39, 0.29) is 12.1 Å². The van der Waals surface area contributed by atoms with Crippen molar-refractivity contribution in [3.8, 4) is 0 Å². The van der Waals surface area contributed by atoms with Crippen molar-refractivity contribution in [2.24, 2.45) is 0 Å². The number of carbonyl (C=O) groups excluding carboxylic acids is 2. The van der Waals surface area contributed by atoms with Crippen LogP contribution in [-0.2, 0) is 9.47 Å². The van der Waals surface area contributed by atoms with Gasteiger partial charge in [0.1, 0.15) is 0 Å². The zero-order chi connectivity index (χ0) is 23.4. The first-order chi connectivity index (χ1) is 15.5. The standard InChI is InChI=1S/C28H46O4/c1-4-5-6-7-8-9-10-11-12-13-14-15-16-17-18-22-31-27(29)25-20-19-21-26(23-25)28(30)32-24(2)3/h19-21,23-24H,4-18,22H2,1-3H3. The minimum absolute atomic E-state index is 0.191. The molecule has 4 heteroatoms. The highest BCUT2D eigenvalue weighted by molar-refractivity contribution is 5.95. The van der Waals surface area contributed by atoms with Crippen molar-refractivity contribution in [3.05, 3.63) is 35.4 Å². The van der Waals surface area contributed by atoms with Crippen molar-refractivity contribution in [1.29, 1.82) is 0 Å². The lowest BCUT2D eigenvalue weighted by atomic mass is 10.0. The van der Waals surface area contributed by atoms with Gasteiger partial charge >= 0.3 is 11.9 Å². The van der Waals surface area contributed by atoms with Crippen LogP contribution in [0.2, 0.25) is 0 Å². The molecular formula is C28H46O4. The second kappa shape index (κ2) is 18.7. The minimum Gasteiger partial charge on any atom is -0.462 e. The van der Waals surface area contributed by atoms with Crippen LogP contribution in [0.25, 0.3) is 0 Å². The van der Waals surface area contributed by atoms with Crippen LogP contribution in [0.15, 0.2) is 24.3 Å². The molecule has 0 fully saturated rings. The molecule has 0 N–H and O–H groups in total. The van der Waals surface area contributed by atoms with Gasteiger partial charge in [0.05, 0.1) is 23.8 Å². The first-order valence-electron chi connectivity index (χ1n) is 13.0. The van der Waals surface area contributed by atoms with Gasteiger partial charge in [0.2, 0.25) is 0 Å². The number of hydrogen-bond donors (Lipinski definition) is 0. The van der Waals surface area contributed by atoms with Crippen molar-refractivity contribution in [2.75, 3.05) is 6.61 Å². The number of benzene rings is 1. The van der Waals surface area contributed by atoms with Crippen molar-refractivity contribution < 1.29 is 19.1 Å². The predicted octanol–water partition coefficient (Wildman–Crippen LogP) is 8.28. The molecule has 0 spiro atoms. The van der Waals surface area contributed by atoms with E-state index in [0.29, 0.717) is 17.7 Å². The molecule has 1 aromatic rings. The van der Waals surface area contributed by atoms with E-state index >= 15 is 0 Å². The number of unbranched alkanes of at least 4 members (excludes halogenated alkanes) is 14. The van der Waals surface area contributed by atoms with Gasteiger partial charge < -0.3 is 9.47 Å². The SMILES string of the molecule is CCCCCCCCCCCCCCCCCOC(=O)c1cccc(C(=O)OC(C)C)c1. The monoisotopic (exact) mass is 446 g/mol. The second-order valence-corrected chi connectivity index (χ2v) is 9.12. The van der Waals surface area contributed by atoms with Crippen LogP contribution in [0.5, 0.6) is 0 Å². The maximum absolute atomic E-state index is 12.2. The van der Waals surface area contributed by atoms with E-state index in [1.165, 1.54) is 83.5 Å². The average molecular weight is 447 g/mol. The predicted molar refractivity (Wildman–Crippen MR) is 132 cm³/mol. The Hall–Kier alpha value is -1.84. The maximum Gasteiger partial charge on any atom is 0.338 e. The molecule has 0 saturated carbocycles. The summed E-state index contributed by atoms with van der Waals surface area (Å²) >= 11 is 0. The fraction of sp³-hybridized carbons (Fsp3) is 0.714. The Morgan fingerprint density at radius 2 is 1.12 bits per heavy atom. The largest absolute Gasteiger partial charge is 0.462 e. The van der Waals surface area contributed by atoms with E-state index < -0.39 is 5.97 Å². The number of hydrogen-bond acceptors (Lipinski definition) is 4. The summed E-state index contributed by atoms with van der Waals surface area (Å²) in [5.74, 6) is -0.799. The zero-order valence-electron chi connectivity index (χ0n) is 20.8. The smallest absolute Gasteiger partial charge is 0.338 e. The summed E-state index contributed by atoms with van der Waals surface area (Å²) in [5.41, 5.74) is 0.768. The molecule has 0 unspecified atom stereocenters. The Morgan fingerprint density at radius 3 is 1.59 bits per heavy atom. The van der Waals surface area contributed by atoms with Crippen LogP contribution in [0.3, 0.4) is 0 Å². The van der Waals surface area contributed by atoms with Crippen LogP contribution >= 0.6 is 0 Å². The molecule has 1 aromatic carbocycles. The van der Waals surface area contributed by atoms with E-state index in [4.69, 9.17) is 9.47 Å². The first-order valence-corrected chi connectivity index (χ1v) is 13.0. The quantitative estimate of drug-likeness (QED) is 0.158. The summed E-state index contributed by atoms with van der Waals surface area (Å²) in [4.78, 5) is 24.2. The molecule has 0 aromatic heterocycles. The molecule has 182 valence electrons. The molecule has 32 heavy (non-hydrogen) atoms. The van der Waals surface area contributed by atoms with Gasteiger partial charge in [-0.05, 0) is 38.5 Å². The van der Waals surface area contributed by atoms with E-state index in [1.54, 1.807) is 38.1 Å². The van der Waals surface area contributed by atoms with E-state index in [2.05, 4.69) is 6.92 Å². The van der Waals surface area contributed by atoms with Gasteiger partial charge in [-0.2, -0.15) is 0 Å². The highest BCUT2D eigenvalue weighted by atomic mass is 16.5. The van der Waals surface area contributed by atoms with Crippen LogP contribution in [-0.4, -0.2) is 24.6 Å². The Kier molecular flexibility index (Phi) is 16.5. The molecule has 0 aliphatic carbocycles. The number of esters is 2. The van der Waals surface area contributed by atoms with E-state index in [0.717, 1.165) is 12.8 Å². The Morgan fingerprint density at radius 1 is 0.688 bits per heavy atom. The molecule has 0 saturated heterocycles. The summed E-state index contributed by atoms with van der Waals surface area (Å²) in [6, 6.07) is 6.54. The van der Waals surface area contributed by atoms with E-state index in [9.17, 15) is 9.59 Å². The third kappa shape index (κ3) is 14.3. The van der Waals surface area contributed by atoms with Gasteiger partial charge in [0, 0.05) is 0 Å². The van der Waals surface area contributed by atoms with E-state index in [1.807, 2.05) is 0 Å². The third-order valence-corrected chi connectivity index (χ3v) is 5.66. The zero-order valence-corrected chi connectivity index (χ0v) is 20.8. The number of rotatable bonds is 19. The molecule has 0 bridgehead atoms. The Balaban J connectivity index is 1.99. The fourth-order valence-corrected chi connectivity index (χ4v) is 3.78. The first kappa shape index (κ1) is 28.2. The molecule has 0 aliphatic rings. The topological polar surface area (TPSA) is 52.6 Å². The maximum atomic E-state index is 12.2. The van der Waals surface area contributed by atoms with Crippen molar-refractivity contribution >= 4 is 11.9 Å². The van der Waals surface area contributed by atoms with Gasteiger partial charge in [-0.15, -0.1) is 0 Å². The Labute approximate surface area is 196 Å². The molecular weight excluding hydrogens is 400 g/mol. The lowest BCUT2D eigenvalue weighted by Gasteiger charge is -2.09. The second-order valence-electron chi connectivity index (χ2n) is 9.12. The number of ether oxygens (including phenoxy) is 2. The van der Waals surface area contributed by atoms with Gasteiger partial charge in [-0.3, -0.25) is 0 Å². The normalized spacial score (nSPS) is 11.0. The van der Waals surface area contributed by atoms with Gasteiger partial charge in [-0.25, -0.2) is 9.59 Å². The Bertz CT molecular complexity index is 624. The molecule has 1 rings (SSSR count). The lowest BCUT2D eigenvalue weighted by molar-refractivity contribution is 0.0378. The molecule has 0 heterocycles. The summed E-state index contributed by atoms with van der Waals surface area (Å²) in [6.45, 7) is 6.30. The third-order valence-electron chi connectivity index (χ3n) is 5.66. The van der Waals surface area contributed by atoms with Crippen LogP contribution in [0.4, 0.5) is 0 Å². The van der Waals surface area contributed by atoms with Crippen molar-refractivity contribution in [3.63, 3.8) is 0 Å². The highest BCUT2D eigenvalue weighted by Crippen LogP contribution is 2.14.